The molecule has 1 aliphatic rings. The van der Waals surface area contributed by atoms with Crippen molar-refractivity contribution >= 4 is 65.5 Å². The minimum atomic E-state index is -1.25. The average Bonchev–Trinajstić information content (AvgIpc) is 3.62. The van der Waals surface area contributed by atoms with Crippen LogP contribution in [0.25, 0.3) is 22.3 Å². The molecule has 0 aliphatic carbocycles. The van der Waals surface area contributed by atoms with E-state index >= 15 is 0 Å². The summed E-state index contributed by atoms with van der Waals surface area (Å²) in [5.74, 6) is -0.451. The number of hydrogen-bond donors (Lipinski definition) is 1. The van der Waals surface area contributed by atoms with E-state index < -0.39 is 14.0 Å². The third-order valence-electron chi connectivity index (χ3n) is 7.16. The summed E-state index contributed by atoms with van der Waals surface area (Å²) >= 11 is 19.4. The van der Waals surface area contributed by atoms with Gasteiger partial charge in [0, 0.05) is 44.6 Å². The maximum Gasteiger partial charge on any atom is 0.258 e. The zero-order valence-corrected chi connectivity index (χ0v) is 26.3. The van der Waals surface area contributed by atoms with Crippen LogP contribution in [0.1, 0.15) is 22.8 Å². The first kappa shape index (κ1) is 29.1. The molecule has 3 aromatic heterocycles. The summed E-state index contributed by atoms with van der Waals surface area (Å²) in [7, 11) is 0.877. The highest BCUT2D eigenvalue weighted by Crippen LogP contribution is 2.35. The van der Waals surface area contributed by atoms with Gasteiger partial charge < -0.3 is 19.5 Å². The number of nitrogens with one attached hydrogen (secondary N) is 1. The highest BCUT2D eigenvalue weighted by Gasteiger charge is 2.24. The molecule has 1 aliphatic heterocycles. The molecule has 1 N–H and O–H groups in total. The molecule has 0 radical (unpaired) electrons. The van der Waals surface area contributed by atoms with E-state index in [1.165, 1.54) is 6.20 Å². The summed E-state index contributed by atoms with van der Waals surface area (Å²) in [6.07, 6.45) is 6.47. The van der Waals surface area contributed by atoms with Crippen LogP contribution < -0.4 is 5.32 Å². The Hall–Kier alpha value is -2.40. The maximum atomic E-state index is 13.2. The van der Waals surface area contributed by atoms with Gasteiger partial charge in [0.25, 0.3) is 5.91 Å². The molecule has 1 unspecified atom stereocenters. The van der Waals surface area contributed by atoms with E-state index in [-0.39, 0.29) is 10.6 Å². The number of anilines is 1. The number of benzene rings is 1. The van der Waals surface area contributed by atoms with Crippen molar-refractivity contribution in [3.05, 3.63) is 63.5 Å². The summed E-state index contributed by atoms with van der Waals surface area (Å²) in [6.45, 7) is 9.96. The zero-order chi connectivity index (χ0) is 28.6. The first-order valence-electron chi connectivity index (χ1n) is 13.3. The van der Waals surface area contributed by atoms with Crippen LogP contribution in [0.15, 0.2) is 42.9 Å². The highest BCUT2D eigenvalue weighted by molar-refractivity contribution is 6.76. The number of rotatable bonds is 9. The smallest absolute Gasteiger partial charge is 0.258 e. The summed E-state index contributed by atoms with van der Waals surface area (Å²) in [5.41, 5.74) is 2.99. The van der Waals surface area contributed by atoms with Gasteiger partial charge in [-0.05, 0) is 44.3 Å². The number of pyridine rings is 1. The van der Waals surface area contributed by atoms with E-state index in [1.807, 2.05) is 21.5 Å². The molecule has 1 fully saturated rings. The van der Waals surface area contributed by atoms with E-state index in [0.717, 1.165) is 36.8 Å². The van der Waals surface area contributed by atoms with Gasteiger partial charge in [-0.1, -0.05) is 60.5 Å². The summed E-state index contributed by atoms with van der Waals surface area (Å²) in [5, 5.41) is 9.06. The van der Waals surface area contributed by atoms with Crippen molar-refractivity contribution in [2.75, 3.05) is 32.1 Å². The Morgan fingerprint density at radius 3 is 2.60 bits per heavy atom. The third-order valence-corrected chi connectivity index (χ3v) is 9.90. The number of fused-ring (bicyclic) bond motifs is 1. The monoisotopic (exact) mass is 618 g/mol. The van der Waals surface area contributed by atoms with Gasteiger partial charge in [-0.3, -0.25) is 9.48 Å². The van der Waals surface area contributed by atoms with Gasteiger partial charge >= 0.3 is 0 Å². The van der Waals surface area contributed by atoms with Crippen molar-refractivity contribution in [1.82, 2.24) is 24.2 Å². The van der Waals surface area contributed by atoms with E-state index in [4.69, 9.17) is 39.5 Å². The number of ether oxygens (including phenoxy) is 1. The Labute approximate surface area is 250 Å². The molecule has 4 heterocycles. The molecule has 0 bridgehead atoms. The summed E-state index contributed by atoms with van der Waals surface area (Å²) < 4.78 is 10.2. The Balaban J connectivity index is 1.50. The topological polar surface area (TPSA) is 77.2 Å². The SMILES string of the molecule is CN1CCC(n2cc(-c3cc4c(Cl)c(C(=O)Nc5c(Cl)cccc5Cl)cnc4n3COCC[Si](C)(C)C)cn2)C1. The van der Waals surface area contributed by atoms with Crippen LogP contribution in [0.3, 0.4) is 0 Å². The predicted octanol–water partition coefficient (Wildman–Crippen LogP) is 7.30. The number of likely N-dealkylation sites (tertiary alicyclic amines) is 1. The highest BCUT2D eigenvalue weighted by atomic mass is 35.5. The van der Waals surface area contributed by atoms with E-state index in [1.54, 1.807) is 18.2 Å². The standard InChI is InChI=1S/C28H33Cl3N6O2Si/c1-35-9-8-19(16-35)37-15-18(13-33-37)24-12-20-25(31)21(28(38)34-26-22(29)6-5-7-23(26)30)14-32-27(20)36(24)17-39-10-11-40(2,3)4/h5-7,12-15,19H,8-11,16-17H2,1-4H3,(H,34,38). The van der Waals surface area contributed by atoms with Gasteiger partial charge in [0.2, 0.25) is 0 Å². The molecular formula is C28H33Cl3N6O2Si. The average molecular weight is 620 g/mol. The first-order valence-corrected chi connectivity index (χ1v) is 18.1. The van der Waals surface area contributed by atoms with Crippen LogP contribution in [0, 0.1) is 0 Å². The Morgan fingerprint density at radius 1 is 1.18 bits per heavy atom. The van der Waals surface area contributed by atoms with Crippen molar-refractivity contribution in [3.63, 3.8) is 0 Å². The number of amides is 1. The van der Waals surface area contributed by atoms with Gasteiger partial charge in [-0.15, -0.1) is 0 Å². The van der Waals surface area contributed by atoms with Gasteiger partial charge in [0.05, 0.1) is 44.3 Å². The van der Waals surface area contributed by atoms with Gasteiger partial charge in [-0.2, -0.15) is 5.10 Å². The molecule has 212 valence electrons. The van der Waals surface area contributed by atoms with E-state index in [9.17, 15) is 4.79 Å². The molecule has 0 saturated carbocycles. The van der Waals surface area contributed by atoms with Crippen molar-refractivity contribution in [2.45, 2.75) is 44.9 Å². The summed E-state index contributed by atoms with van der Waals surface area (Å²) in [4.78, 5) is 20.2. The molecule has 12 heteroatoms. The van der Waals surface area contributed by atoms with Gasteiger partial charge in [0.1, 0.15) is 12.4 Å². The molecule has 4 aromatic rings. The number of hydrogen-bond acceptors (Lipinski definition) is 5. The molecule has 1 aromatic carbocycles. The Bertz CT molecular complexity index is 1530. The van der Waals surface area contributed by atoms with E-state index in [0.29, 0.717) is 46.1 Å². The van der Waals surface area contributed by atoms with Crippen LogP contribution in [0.5, 0.6) is 0 Å². The molecule has 0 spiro atoms. The lowest BCUT2D eigenvalue weighted by atomic mass is 10.2. The van der Waals surface area contributed by atoms with Crippen LogP contribution in [0.4, 0.5) is 5.69 Å². The minimum absolute atomic E-state index is 0.221. The fraction of sp³-hybridized carbons (Fsp3) is 0.393. The molecular weight excluding hydrogens is 587 g/mol. The molecule has 1 saturated heterocycles. The van der Waals surface area contributed by atoms with E-state index in [2.05, 4.69) is 53.2 Å². The minimum Gasteiger partial charge on any atom is -0.361 e. The molecule has 40 heavy (non-hydrogen) atoms. The van der Waals surface area contributed by atoms with Gasteiger partial charge in [-0.25, -0.2) is 4.98 Å². The van der Waals surface area contributed by atoms with Crippen LogP contribution in [-0.2, 0) is 11.5 Å². The lowest BCUT2D eigenvalue weighted by Gasteiger charge is -2.16. The van der Waals surface area contributed by atoms with Crippen molar-refractivity contribution < 1.29 is 9.53 Å². The quantitative estimate of drug-likeness (QED) is 0.157. The number of para-hydroxylation sites is 1. The number of carbonyl (C=O) groups excluding carboxylic acids is 1. The van der Waals surface area contributed by atoms with Crippen LogP contribution >= 0.6 is 34.8 Å². The number of likely N-dealkylation sites (N-methyl/N-ethyl adjacent to an activating group) is 1. The second kappa shape index (κ2) is 11.8. The second-order valence-corrected chi connectivity index (χ2v) is 18.3. The third kappa shape index (κ3) is 6.25. The first-order chi connectivity index (χ1) is 19.0. The van der Waals surface area contributed by atoms with Crippen molar-refractivity contribution in [2.24, 2.45) is 0 Å². The number of nitrogens with zero attached hydrogens (tertiary/aromatic N) is 5. The Kier molecular flexibility index (Phi) is 8.61. The lowest BCUT2D eigenvalue weighted by Crippen LogP contribution is -2.22. The fourth-order valence-electron chi connectivity index (χ4n) is 4.83. The molecule has 1 atom stereocenters. The summed E-state index contributed by atoms with van der Waals surface area (Å²) in [6, 6.07) is 8.36. The Morgan fingerprint density at radius 2 is 1.93 bits per heavy atom. The fourth-order valence-corrected chi connectivity index (χ4v) is 6.35. The number of aromatic nitrogens is 4. The number of carbonyl (C=O) groups is 1. The zero-order valence-electron chi connectivity index (χ0n) is 23.0. The van der Waals surface area contributed by atoms with Crippen LogP contribution in [0.2, 0.25) is 40.8 Å². The van der Waals surface area contributed by atoms with Crippen molar-refractivity contribution in [3.8, 4) is 11.3 Å². The van der Waals surface area contributed by atoms with Gasteiger partial charge in [0.15, 0.2) is 0 Å². The lowest BCUT2D eigenvalue weighted by molar-refractivity contribution is 0.0909. The number of halogens is 3. The molecule has 1 amide bonds. The normalized spacial score (nSPS) is 16.2. The predicted molar refractivity (Wildman–Crippen MR) is 166 cm³/mol. The largest absolute Gasteiger partial charge is 0.361 e. The molecule has 5 rings (SSSR count). The molecule has 8 nitrogen and oxygen atoms in total. The van der Waals surface area contributed by atoms with Crippen LogP contribution in [-0.4, -0.2) is 65.0 Å². The second-order valence-electron chi connectivity index (χ2n) is 11.5. The maximum absolute atomic E-state index is 13.2. The van der Waals surface area contributed by atoms with Crippen molar-refractivity contribution in [1.29, 1.82) is 0 Å².